The number of rotatable bonds is 10. The fraction of sp³-hybridized carbons (Fsp3) is 0.562. The standard InChI is InChI=1S/C16H26N2O2/c1-3-4-7-11-17-13-16(19)18-12-10-14-8-5-6-9-15(14)20-2/h5-6,8-9,17H,3-4,7,10-13H2,1-2H3,(H,18,19). The van der Waals surface area contributed by atoms with Crippen molar-refractivity contribution in [3.8, 4) is 5.75 Å². The molecule has 1 amide bonds. The summed E-state index contributed by atoms with van der Waals surface area (Å²) in [6, 6.07) is 7.89. The summed E-state index contributed by atoms with van der Waals surface area (Å²) < 4.78 is 5.28. The van der Waals surface area contributed by atoms with E-state index < -0.39 is 0 Å². The molecule has 20 heavy (non-hydrogen) atoms. The third-order valence-corrected chi connectivity index (χ3v) is 3.15. The van der Waals surface area contributed by atoms with E-state index in [0.29, 0.717) is 13.1 Å². The van der Waals surface area contributed by atoms with E-state index in [9.17, 15) is 4.79 Å². The lowest BCUT2D eigenvalue weighted by Gasteiger charge is -2.09. The minimum absolute atomic E-state index is 0.0522. The van der Waals surface area contributed by atoms with Gasteiger partial charge in [-0.05, 0) is 31.0 Å². The Morgan fingerprint density at radius 3 is 2.75 bits per heavy atom. The highest BCUT2D eigenvalue weighted by Gasteiger charge is 2.03. The molecule has 4 nitrogen and oxygen atoms in total. The van der Waals surface area contributed by atoms with Gasteiger partial charge in [-0.15, -0.1) is 0 Å². The fourth-order valence-corrected chi connectivity index (χ4v) is 2.01. The number of amides is 1. The second kappa shape index (κ2) is 10.3. The molecular formula is C16H26N2O2. The molecule has 0 bridgehead atoms. The van der Waals surface area contributed by atoms with Crippen molar-refractivity contribution in [2.75, 3.05) is 26.7 Å². The van der Waals surface area contributed by atoms with Crippen LogP contribution in [-0.4, -0.2) is 32.7 Å². The predicted octanol–water partition coefficient (Wildman–Crippen LogP) is 2.13. The number of unbranched alkanes of at least 4 members (excludes halogenated alkanes) is 2. The number of ether oxygens (including phenoxy) is 1. The third kappa shape index (κ3) is 6.57. The van der Waals surface area contributed by atoms with Gasteiger partial charge in [0.2, 0.25) is 5.91 Å². The Morgan fingerprint density at radius 1 is 1.20 bits per heavy atom. The average Bonchev–Trinajstić information content (AvgIpc) is 2.47. The van der Waals surface area contributed by atoms with E-state index in [1.165, 1.54) is 12.8 Å². The zero-order valence-electron chi connectivity index (χ0n) is 12.6. The van der Waals surface area contributed by atoms with Crippen LogP contribution in [0.25, 0.3) is 0 Å². The van der Waals surface area contributed by atoms with Gasteiger partial charge in [0.25, 0.3) is 0 Å². The molecule has 4 heteroatoms. The van der Waals surface area contributed by atoms with Crippen molar-refractivity contribution < 1.29 is 9.53 Å². The quantitative estimate of drug-likeness (QED) is 0.645. The molecule has 1 aromatic carbocycles. The lowest BCUT2D eigenvalue weighted by Crippen LogP contribution is -2.35. The minimum atomic E-state index is 0.0522. The van der Waals surface area contributed by atoms with Gasteiger partial charge in [-0.2, -0.15) is 0 Å². The number of methoxy groups -OCH3 is 1. The van der Waals surface area contributed by atoms with E-state index in [1.54, 1.807) is 7.11 Å². The van der Waals surface area contributed by atoms with Crippen LogP contribution in [0.3, 0.4) is 0 Å². The molecular weight excluding hydrogens is 252 g/mol. The summed E-state index contributed by atoms with van der Waals surface area (Å²) in [5.41, 5.74) is 1.12. The number of carbonyl (C=O) groups excluding carboxylic acids is 1. The van der Waals surface area contributed by atoms with Crippen molar-refractivity contribution in [3.63, 3.8) is 0 Å². The van der Waals surface area contributed by atoms with Crippen molar-refractivity contribution in [2.24, 2.45) is 0 Å². The first-order valence-corrected chi connectivity index (χ1v) is 7.37. The molecule has 0 atom stereocenters. The Morgan fingerprint density at radius 2 is 2.00 bits per heavy atom. The van der Waals surface area contributed by atoms with E-state index in [2.05, 4.69) is 17.6 Å². The molecule has 0 aliphatic heterocycles. The highest BCUT2D eigenvalue weighted by atomic mass is 16.5. The van der Waals surface area contributed by atoms with Gasteiger partial charge in [-0.3, -0.25) is 4.79 Å². The lowest BCUT2D eigenvalue weighted by molar-refractivity contribution is -0.120. The molecule has 0 aliphatic rings. The monoisotopic (exact) mass is 278 g/mol. The van der Waals surface area contributed by atoms with Crippen LogP contribution in [0.5, 0.6) is 5.75 Å². The zero-order chi connectivity index (χ0) is 14.6. The lowest BCUT2D eigenvalue weighted by atomic mass is 10.1. The van der Waals surface area contributed by atoms with Gasteiger partial charge >= 0.3 is 0 Å². The van der Waals surface area contributed by atoms with Gasteiger partial charge in [0, 0.05) is 6.54 Å². The maximum Gasteiger partial charge on any atom is 0.233 e. The number of carbonyl (C=O) groups is 1. The molecule has 0 unspecified atom stereocenters. The minimum Gasteiger partial charge on any atom is -0.496 e. The van der Waals surface area contributed by atoms with Gasteiger partial charge in [-0.1, -0.05) is 38.0 Å². The van der Waals surface area contributed by atoms with E-state index in [0.717, 1.165) is 30.7 Å². The normalized spacial score (nSPS) is 10.3. The van der Waals surface area contributed by atoms with Crippen LogP contribution in [0, 0.1) is 0 Å². The van der Waals surface area contributed by atoms with Crippen LogP contribution in [0.1, 0.15) is 31.7 Å². The van der Waals surface area contributed by atoms with Crippen molar-refractivity contribution in [3.05, 3.63) is 29.8 Å². The summed E-state index contributed by atoms with van der Waals surface area (Å²) in [6.45, 7) is 4.11. The second-order valence-corrected chi connectivity index (χ2v) is 4.80. The van der Waals surface area contributed by atoms with Crippen molar-refractivity contribution in [1.82, 2.24) is 10.6 Å². The summed E-state index contributed by atoms with van der Waals surface area (Å²) in [7, 11) is 1.66. The van der Waals surface area contributed by atoms with E-state index in [-0.39, 0.29) is 5.91 Å². The van der Waals surface area contributed by atoms with E-state index >= 15 is 0 Å². The highest BCUT2D eigenvalue weighted by Crippen LogP contribution is 2.17. The average molecular weight is 278 g/mol. The molecule has 0 spiro atoms. The maximum absolute atomic E-state index is 11.6. The third-order valence-electron chi connectivity index (χ3n) is 3.15. The second-order valence-electron chi connectivity index (χ2n) is 4.80. The molecule has 0 fully saturated rings. The van der Waals surface area contributed by atoms with E-state index in [1.807, 2.05) is 24.3 Å². The first-order chi connectivity index (χ1) is 9.77. The van der Waals surface area contributed by atoms with Crippen LogP contribution >= 0.6 is 0 Å². The van der Waals surface area contributed by atoms with Crippen molar-refractivity contribution >= 4 is 5.91 Å². The van der Waals surface area contributed by atoms with Crippen molar-refractivity contribution in [2.45, 2.75) is 32.6 Å². The number of hydrogen-bond acceptors (Lipinski definition) is 3. The summed E-state index contributed by atoms with van der Waals surface area (Å²) >= 11 is 0. The predicted molar refractivity (Wildman–Crippen MR) is 82.1 cm³/mol. The summed E-state index contributed by atoms with van der Waals surface area (Å²) in [4.78, 5) is 11.6. The van der Waals surface area contributed by atoms with Gasteiger partial charge in [0.05, 0.1) is 13.7 Å². The Labute approximate surface area is 121 Å². The molecule has 0 aliphatic carbocycles. The largest absolute Gasteiger partial charge is 0.496 e. The van der Waals surface area contributed by atoms with Crippen LogP contribution in [-0.2, 0) is 11.2 Å². The van der Waals surface area contributed by atoms with Gasteiger partial charge in [0.1, 0.15) is 5.75 Å². The van der Waals surface area contributed by atoms with Gasteiger partial charge in [0.15, 0.2) is 0 Å². The number of para-hydroxylation sites is 1. The SMILES string of the molecule is CCCCCNCC(=O)NCCc1ccccc1OC. The van der Waals surface area contributed by atoms with Gasteiger partial charge in [-0.25, -0.2) is 0 Å². The maximum atomic E-state index is 11.6. The summed E-state index contributed by atoms with van der Waals surface area (Å²) in [6.07, 6.45) is 4.33. The molecule has 1 rings (SSSR count). The molecule has 2 N–H and O–H groups in total. The first kappa shape index (κ1) is 16.5. The van der Waals surface area contributed by atoms with Crippen LogP contribution in [0.4, 0.5) is 0 Å². The molecule has 1 aromatic rings. The summed E-state index contributed by atoms with van der Waals surface area (Å²) in [5, 5.41) is 6.07. The molecule has 0 saturated carbocycles. The first-order valence-electron chi connectivity index (χ1n) is 7.37. The Balaban J connectivity index is 2.15. The van der Waals surface area contributed by atoms with Crippen LogP contribution < -0.4 is 15.4 Å². The molecule has 0 radical (unpaired) electrons. The smallest absolute Gasteiger partial charge is 0.233 e. The number of nitrogens with one attached hydrogen (secondary N) is 2. The van der Waals surface area contributed by atoms with Crippen molar-refractivity contribution in [1.29, 1.82) is 0 Å². The van der Waals surface area contributed by atoms with Crippen LogP contribution in [0.2, 0.25) is 0 Å². The Kier molecular flexibility index (Phi) is 8.47. The number of hydrogen-bond donors (Lipinski definition) is 2. The molecule has 0 saturated heterocycles. The van der Waals surface area contributed by atoms with E-state index in [4.69, 9.17) is 4.74 Å². The fourth-order valence-electron chi connectivity index (χ4n) is 2.01. The topological polar surface area (TPSA) is 50.4 Å². The molecule has 0 aromatic heterocycles. The Bertz CT molecular complexity index is 394. The summed E-state index contributed by atoms with van der Waals surface area (Å²) in [5.74, 6) is 0.927. The van der Waals surface area contributed by atoms with Crippen LogP contribution in [0.15, 0.2) is 24.3 Å². The zero-order valence-corrected chi connectivity index (χ0v) is 12.6. The molecule has 112 valence electrons. The highest BCUT2D eigenvalue weighted by molar-refractivity contribution is 5.77. The van der Waals surface area contributed by atoms with Gasteiger partial charge < -0.3 is 15.4 Å². The number of benzene rings is 1. The molecule has 0 heterocycles. The Hall–Kier alpha value is -1.55.